The Morgan fingerprint density at radius 3 is 2.62 bits per heavy atom. The zero-order valence-corrected chi connectivity index (χ0v) is 18.6. The van der Waals surface area contributed by atoms with Gasteiger partial charge in [0.1, 0.15) is 6.04 Å². The van der Waals surface area contributed by atoms with Crippen molar-refractivity contribution in [1.82, 2.24) is 10.2 Å². The molecule has 3 aromatic rings. The topological polar surface area (TPSA) is 78.5 Å². The van der Waals surface area contributed by atoms with E-state index in [2.05, 4.69) is 10.6 Å². The number of benzene rings is 2. The van der Waals surface area contributed by atoms with E-state index in [9.17, 15) is 14.4 Å². The summed E-state index contributed by atoms with van der Waals surface area (Å²) < 4.78 is 0. The lowest BCUT2D eigenvalue weighted by Gasteiger charge is -2.37. The number of halogens is 1. The van der Waals surface area contributed by atoms with Crippen molar-refractivity contribution < 1.29 is 14.4 Å². The van der Waals surface area contributed by atoms with Crippen molar-refractivity contribution in [3.05, 3.63) is 75.4 Å². The van der Waals surface area contributed by atoms with Crippen LogP contribution in [0.3, 0.4) is 0 Å². The van der Waals surface area contributed by atoms with Crippen LogP contribution >= 0.6 is 22.9 Å². The molecule has 32 heavy (non-hydrogen) atoms. The molecule has 0 saturated carbocycles. The molecule has 8 heteroatoms. The summed E-state index contributed by atoms with van der Waals surface area (Å²) in [7, 11) is 0. The Morgan fingerprint density at radius 2 is 1.88 bits per heavy atom. The van der Waals surface area contributed by atoms with E-state index in [1.54, 1.807) is 29.2 Å². The summed E-state index contributed by atoms with van der Waals surface area (Å²) in [5, 5.41) is 8.41. The molecule has 0 radical (unpaired) electrons. The molecule has 6 nitrogen and oxygen atoms in total. The molecule has 2 aliphatic rings. The molecule has 1 saturated heterocycles. The maximum absolute atomic E-state index is 13.4. The Morgan fingerprint density at radius 1 is 1.09 bits per heavy atom. The third-order valence-corrected chi connectivity index (χ3v) is 7.05. The lowest BCUT2D eigenvalue weighted by molar-refractivity contribution is -0.121. The molecule has 2 atom stereocenters. The van der Waals surface area contributed by atoms with Crippen molar-refractivity contribution >= 4 is 46.3 Å². The lowest BCUT2D eigenvalue weighted by Crippen LogP contribution is -2.54. The highest BCUT2D eigenvalue weighted by atomic mass is 35.5. The number of anilines is 1. The van der Waals surface area contributed by atoms with E-state index >= 15 is 0 Å². The zero-order chi connectivity index (χ0) is 22.2. The monoisotopic (exact) mass is 465 g/mol. The van der Waals surface area contributed by atoms with Crippen LogP contribution in [0.2, 0.25) is 5.02 Å². The molecular formula is C24H20ClN3O3S. The van der Waals surface area contributed by atoms with Crippen LogP contribution in [0, 0.1) is 0 Å². The normalized spacial score (nSPS) is 20.1. The fourth-order valence-electron chi connectivity index (χ4n) is 4.28. The van der Waals surface area contributed by atoms with Crippen molar-refractivity contribution in [2.24, 2.45) is 0 Å². The van der Waals surface area contributed by atoms with Crippen molar-refractivity contribution in [2.75, 3.05) is 11.9 Å². The molecule has 0 spiro atoms. The first-order valence-corrected chi connectivity index (χ1v) is 11.6. The van der Waals surface area contributed by atoms with Gasteiger partial charge in [0.15, 0.2) is 0 Å². The lowest BCUT2D eigenvalue weighted by atomic mass is 9.95. The first-order valence-electron chi connectivity index (χ1n) is 10.4. The van der Waals surface area contributed by atoms with Crippen LogP contribution < -0.4 is 10.6 Å². The summed E-state index contributed by atoms with van der Waals surface area (Å²) in [6.07, 6.45) is 0.978. The van der Waals surface area contributed by atoms with E-state index in [1.165, 1.54) is 11.3 Å². The van der Waals surface area contributed by atoms with Crippen LogP contribution in [-0.4, -0.2) is 41.2 Å². The smallest absolute Gasteiger partial charge is 0.261 e. The van der Waals surface area contributed by atoms with Gasteiger partial charge in [-0.05, 0) is 59.7 Å². The van der Waals surface area contributed by atoms with Gasteiger partial charge >= 0.3 is 0 Å². The number of thiophene rings is 1. The fraction of sp³-hybridized carbons (Fsp3) is 0.208. The molecule has 2 aromatic carbocycles. The summed E-state index contributed by atoms with van der Waals surface area (Å²) in [6, 6.07) is 15.7. The van der Waals surface area contributed by atoms with Gasteiger partial charge in [-0.2, -0.15) is 0 Å². The molecule has 5 rings (SSSR count). The van der Waals surface area contributed by atoms with Gasteiger partial charge in [0.2, 0.25) is 5.91 Å². The van der Waals surface area contributed by atoms with Gasteiger partial charge in [0.25, 0.3) is 11.8 Å². The van der Waals surface area contributed by atoms with Crippen molar-refractivity contribution in [3.8, 4) is 11.1 Å². The first-order chi connectivity index (χ1) is 15.5. The van der Waals surface area contributed by atoms with E-state index in [-0.39, 0.29) is 23.8 Å². The number of piperidine rings is 1. The van der Waals surface area contributed by atoms with Crippen molar-refractivity contribution in [1.29, 1.82) is 0 Å². The largest absolute Gasteiger partial charge is 0.348 e. The molecular weight excluding hydrogens is 446 g/mol. The third kappa shape index (κ3) is 3.89. The molecule has 2 aliphatic heterocycles. The zero-order valence-electron chi connectivity index (χ0n) is 17.0. The van der Waals surface area contributed by atoms with E-state index in [0.29, 0.717) is 40.5 Å². The maximum atomic E-state index is 13.4. The average molecular weight is 466 g/mol. The molecule has 3 heterocycles. The summed E-state index contributed by atoms with van der Waals surface area (Å²) in [4.78, 5) is 41.1. The third-order valence-electron chi connectivity index (χ3n) is 5.93. The minimum Gasteiger partial charge on any atom is -0.348 e. The highest BCUT2D eigenvalue weighted by Crippen LogP contribution is 2.32. The van der Waals surface area contributed by atoms with Gasteiger partial charge in [-0.25, -0.2) is 0 Å². The van der Waals surface area contributed by atoms with Gasteiger partial charge in [-0.15, -0.1) is 11.3 Å². The average Bonchev–Trinajstić information content (AvgIpc) is 3.32. The summed E-state index contributed by atoms with van der Waals surface area (Å²) in [6.45, 7) is 0.400. The number of nitrogens with one attached hydrogen (secondary N) is 2. The molecule has 1 fully saturated rings. The predicted molar refractivity (Wildman–Crippen MR) is 125 cm³/mol. The quantitative estimate of drug-likeness (QED) is 0.600. The Bertz CT molecular complexity index is 1190. The number of nitrogens with zero attached hydrogens (tertiary/aromatic N) is 1. The van der Waals surface area contributed by atoms with Crippen LogP contribution in [0.25, 0.3) is 11.1 Å². The SMILES string of the molecule is O=C(N[C@@H]1CCN2C(=O)c3cc(-c4ccc(Cl)cc4)ccc3NC(=O)[C@@H]2C1)c1cccs1. The van der Waals surface area contributed by atoms with Crippen LogP contribution in [0.15, 0.2) is 60.0 Å². The number of carbonyl (C=O) groups excluding carboxylic acids is 3. The Hall–Kier alpha value is -3.16. The standard InChI is InChI=1S/C24H20ClN3O3S/c25-16-6-3-14(4-7-16)15-5-8-19-18(12-15)24(31)28-10-9-17(13-20(28)22(29)27-19)26-23(30)21-2-1-11-32-21/h1-8,11-12,17,20H,9-10,13H2,(H,26,30)(H,27,29)/t17-,20+/m1/s1. The Kier molecular flexibility index (Phi) is 5.45. The molecule has 0 bridgehead atoms. The van der Waals surface area contributed by atoms with E-state index < -0.39 is 6.04 Å². The highest BCUT2D eigenvalue weighted by molar-refractivity contribution is 7.12. The molecule has 162 valence electrons. The van der Waals surface area contributed by atoms with Crippen molar-refractivity contribution in [3.63, 3.8) is 0 Å². The maximum Gasteiger partial charge on any atom is 0.261 e. The van der Waals surface area contributed by atoms with E-state index in [4.69, 9.17) is 11.6 Å². The number of rotatable bonds is 3. The van der Waals surface area contributed by atoms with Gasteiger partial charge in [0, 0.05) is 17.6 Å². The van der Waals surface area contributed by atoms with Gasteiger partial charge < -0.3 is 15.5 Å². The number of amides is 3. The van der Waals surface area contributed by atoms with E-state index in [1.807, 2.05) is 35.7 Å². The Labute approximate surface area is 194 Å². The number of hydrogen-bond donors (Lipinski definition) is 2. The first kappa shape index (κ1) is 20.7. The fourth-order valence-corrected chi connectivity index (χ4v) is 5.03. The Balaban J connectivity index is 1.38. The second-order valence-corrected chi connectivity index (χ2v) is 9.33. The summed E-state index contributed by atoms with van der Waals surface area (Å²) in [5.74, 6) is -0.552. The second-order valence-electron chi connectivity index (χ2n) is 7.94. The number of hydrogen-bond acceptors (Lipinski definition) is 4. The van der Waals surface area contributed by atoms with Crippen LogP contribution in [0.5, 0.6) is 0 Å². The molecule has 3 amide bonds. The van der Waals surface area contributed by atoms with Gasteiger partial charge in [-0.1, -0.05) is 35.9 Å². The van der Waals surface area contributed by atoms with Crippen LogP contribution in [0.4, 0.5) is 5.69 Å². The molecule has 0 aliphatic carbocycles. The molecule has 2 N–H and O–H groups in total. The predicted octanol–water partition coefficient (Wildman–Crippen LogP) is 4.42. The van der Waals surface area contributed by atoms with E-state index in [0.717, 1.165) is 11.1 Å². The minimum absolute atomic E-state index is 0.144. The summed E-state index contributed by atoms with van der Waals surface area (Å²) in [5.41, 5.74) is 2.78. The highest BCUT2D eigenvalue weighted by Gasteiger charge is 2.40. The molecule has 1 aromatic heterocycles. The van der Waals surface area contributed by atoms with Crippen LogP contribution in [0.1, 0.15) is 32.9 Å². The van der Waals surface area contributed by atoms with Gasteiger partial charge in [0.05, 0.1) is 16.1 Å². The molecule has 0 unspecified atom stereocenters. The number of fused-ring (bicyclic) bond motifs is 2. The number of carbonyl (C=O) groups is 3. The second kappa shape index (κ2) is 8.41. The van der Waals surface area contributed by atoms with Gasteiger partial charge in [-0.3, -0.25) is 14.4 Å². The van der Waals surface area contributed by atoms with Crippen molar-refractivity contribution in [2.45, 2.75) is 24.9 Å². The van der Waals surface area contributed by atoms with Crippen LogP contribution in [-0.2, 0) is 4.79 Å². The summed E-state index contributed by atoms with van der Waals surface area (Å²) >= 11 is 7.37. The minimum atomic E-state index is -0.628.